The molecule has 7 heteroatoms. The van der Waals surface area contributed by atoms with Gasteiger partial charge in [0.2, 0.25) is 5.91 Å². The van der Waals surface area contributed by atoms with Gasteiger partial charge in [-0.05, 0) is 25.1 Å². The zero-order valence-corrected chi connectivity index (χ0v) is 12.0. The van der Waals surface area contributed by atoms with Crippen molar-refractivity contribution in [1.82, 2.24) is 9.97 Å². The molecule has 0 unspecified atom stereocenters. The first-order valence-corrected chi connectivity index (χ1v) is 7.06. The molecule has 0 radical (unpaired) electrons. The Morgan fingerprint density at radius 2 is 2.29 bits per heavy atom. The van der Waals surface area contributed by atoms with Crippen molar-refractivity contribution in [3.8, 4) is 6.07 Å². The van der Waals surface area contributed by atoms with Crippen LogP contribution in [0.4, 0.5) is 5.69 Å². The van der Waals surface area contributed by atoms with Gasteiger partial charge in [-0.25, -0.2) is 4.98 Å². The summed E-state index contributed by atoms with van der Waals surface area (Å²) in [5.41, 5.74) is 1.39. The highest BCUT2D eigenvalue weighted by atomic mass is 32.2. The number of hydrogen-bond acceptors (Lipinski definition) is 5. The molecule has 1 aromatic heterocycles. The summed E-state index contributed by atoms with van der Waals surface area (Å²) >= 11 is 1.14. The van der Waals surface area contributed by atoms with Gasteiger partial charge in [-0.15, -0.1) is 0 Å². The molecular weight excluding hydrogens is 288 g/mol. The number of aryl methyl sites for hydroxylation is 1. The summed E-state index contributed by atoms with van der Waals surface area (Å²) in [7, 11) is 0. The molecule has 2 N–H and O–H groups in total. The number of carbonyl (C=O) groups is 1. The van der Waals surface area contributed by atoms with E-state index in [0.717, 1.165) is 11.8 Å². The average Bonchev–Trinajstić information content (AvgIpc) is 2.44. The SMILES string of the molecule is Cc1cc(=O)[nH]c(SCC(=O)Nc2cccc(C#N)c2)n1. The molecule has 0 aliphatic rings. The zero-order chi connectivity index (χ0) is 15.2. The predicted molar refractivity (Wildman–Crippen MR) is 80.1 cm³/mol. The van der Waals surface area contributed by atoms with Crippen LogP contribution in [0, 0.1) is 18.3 Å². The van der Waals surface area contributed by atoms with Gasteiger partial charge < -0.3 is 10.3 Å². The van der Waals surface area contributed by atoms with E-state index < -0.39 is 0 Å². The monoisotopic (exact) mass is 300 g/mol. The van der Waals surface area contributed by atoms with Gasteiger partial charge in [0.15, 0.2) is 5.16 Å². The smallest absolute Gasteiger partial charge is 0.251 e. The highest BCUT2D eigenvalue weighted by Gasteiger charge is 2.06. The molecule has 21 heavy (non-hydrogen) atoms. The van der Waals surface area contributed by atoms with Crippen LogP contribution in [0.5, 0.6) is 0 Å². The molecule has 2 aromatic rings. The Balaban J connectivity index is 1.96. The fraction of sp³-hybridized carbons (Fsp3) is 0.143. The van der Waals surface area contributed by atoms with Crippen molar-refractivity contribution in [1.29, 1.82) is 5.26 Å². The van der Waals surface area contributed by atoms with Crippen molar-refractivity contribution < 1.29 is 4.79 Å². The Hall–Kier alpha value is -2.59. The third-order valence-electron chi connectivity index (χ3n) is 2.46. The summed E-state index contributed by atoms with van der Waals surface area (Å²) in [6.07, 6.45) is 0. The van der Waals surface area contributed by atoms with E-state index >= 15 is 0 Å². The number of aromatic amines is 1. The number of benzene rings is 1. The molecule has 106 valence electrons. The highest BCUT2D eigenvalue weighted by Crippen LogP contribution is 2.13. The Labute approximate surface area is 125 Å². The van der Waals surface area contributed by atoms with Crippen molar-refractivity contribution >= 4 is 23.4 Å². The maximum Gasteiger partial charge on any atom is 0.251 e. The number of aromatic nitrogens is 2. The lowest BCUT2D eigenvalue weighted by molar-refractivity contribution is -0.113. The van der Waals surface area contributed by atoms with Gasteiger partial charge in [0.05, 0.1) is 17.4 Å². The minimum Gasteiger partial charge on any atom is -0.325 e. The number of rotatable bonds is 4. The fourth-order valence-corrected chi connectivity index (χ4v) is 2.34. The summed E-state index contributed by atoms with van der Waals surface area (Å²) in [5, 5.41) is 11.9. The third-order valence-corrected chi connectivity index (χ3v) is 3.34. The van der Waals surface area contributed by atoms with E-state index in [1.165, 1.54) is 6.07 Å². The molecule has 0 aliphatic heterocycles. The van der Waals surface area contributed by atoms with Gasteiger partial charge in [-0.3, -0.25) is 9.59 Å². The Kier molecular flexibility index (Phi) is 4.74. The average molecular weight is 300 g/mol. The summed E-state index contributed by atoms with van der Waals surface area (Å²) < 4.78 is 0. The molecule has 0 atom stereocenters. The number of anilines is 1. The van der Waals surface area contributed by atoms with E-state index in [1.807, 2.05) is 6.07 Å². The number of hydrogen-bond donors (Lipinski definition) is 2. The summed E-state index contributed by atoms with van der Waals surface area (Å²) in [5.74, 6) is -0.123. The maximum absolute atomic E-state index is 11.8. The molecular formula is C14H12N4O2S. The predicted octanol–water partition coefficient (Wildman–Crippen LogP) is 1.68. The van der Waals surface area contributed by atoms with Gasteiger partial charge in [0.25, 0.3) is 5.56 Å². The topological polar surface area (TPSA) is 98.6 Å². The van der Waals surface area contributed by atoms with Gasteiger partial charge in [0.1, 0.15) is 0 Å². The van der Waals surface area contributed by atoms with Crippen LogP contribution in [0.15, 0.2) is 40.3 Å². The molecule has 0 saturated carbocycles. The van der Waals surface area contributed by atoms with Crippen molar-refractivity contribution in [2.24, 2.45) is 0 Å². The van der Waals surface area contributed by atoms with Crippen LogP contribution in [0.3, 0.4) is 0 Å². The molecule has 1 heterocycles. The van der Waals surface area contributed by atoms with E-state index in [9.17, 15) is 9.59 Å². The van der Waals surface area contributed by atoms with E-state index in [2.05, 4.69) is 15.3 Å². The molecule has 0 bridgehead atoms. The first kappa shape index (κ1) is 14.8. The van der Waals surface area contributed by atoms with Gasteiger partial charge in [-0.1, -0.05) is 17.8 Å². The quantitative estimate of drug-likeness (QED) is 0.661. The Bertz CT molecular complexity index is 764. The second-order valence-corrected chi connectivity index (χ2v) is 5.19. The third kappa shape index (κ3) is 4.47. The molecule has 2 rings (SSSR count). The number of carbonyl (C=O) groups excluding carboxylic acids is 1. The minimum atomic E-state index is -0.243. The number of nitriles is 1. The zero-order valence-electron chi connectivity index (χ0n) is 11.2. The van der Waals surface area contributed by atoms with Crippen LogP contribution in [-0.4, -0.2) is 21.6 Å². The van der Waals surface area contributed by atoms with Gasteiger partial charge in [0, 0.05) is 17.4 Å². The molecule has 1 aromatic carbocycles. The van der Waals surface area contributed by atoms with Crippen molar-refractivity contribution in [3.05, 3.63) is 51.9 Å². The van der Waals surface area contributed by atoms with Crippen LogP contribution >= 0.6 is 11.8 Å². The molecule has 0 spiro atoms. The normalized spacial score (nSPS) is 9.90. The van der Waals surface area contributed by atoms with Crippen LogP contribution < -0.4 is 10.9 Å². The van der Waals surface area contributed by atoms with Crippen molar-refractivity contribution in [3.63, 3.8) is 0 Å². The number of amides is 1. The largest absolute Gasteiger partial charge is 0.325 e. The van der Waals surface area contributed by atoms with Crippen molar-refractivity contribution in [2.75, 3.05) is 11.1 Å². The van der Waals surface area contributed by atoms with Crippen molar-refractivity contribution in [2.45, 2.75) is 12.1 Å². The second kappa shape index (κ2) is 6.72. The van der Waals surface area contributed by atoms with Crippen LogP contribution in [0.1, 0.15) is 11.3 Å². The molecule has 1 amide bonds. The molecule has 0 saturated heterocycles. The summed E-state index contributed by atoms with van der Waals surface area (Å²) in [6.45, 7) is 1.72. The molecule has 0 fully saturated rings. The standard InChI is InChI=1S/C14H12N4O2S/c1-9-5-12(19)18-14(16-9)21-8-13(20)17-11-4-2-3-10(6-11)7-15/h2-6H,8H2,1H3,(H,17,20)(H,16,18,19). The van der Waals surface area contributed by atoms with E-state index in [-0.39, 0.29) is 17.2 Å². The fourth-order valence-electron chi connectivity index (χ4n) is 1.62. The summed E-state index contributed by atoms with van der Waals surface area (Å²) in [6, 6.07) is 10.0. The lowest BCUT2D eigenvalue weighted by Crippen LogP contribution is -2.15. The van der Waals surface area contributed by atoms with E-state index in [0.29, 0.717) is 22.1 Å². The molecule has 6 nitrogen and oxygen atoms in total. The molecule has 0 aliphatic carbocycles. The number of H-pyrrole nitrogens is 1. The first-order chi connectivity index (χ1) is 10.1. The lowest BCUT2D eigenvalue weighted by Gasteiger charge is -2.05. The highest BCUT2D eigenvalue weighted by molar-refractivity contribution is 7.99. The maximum atomic E-state index is 11.8. The number of nitrogens with zero attached hydrogens (tertiary/aromatic N) is 2. The van der Waals surface area contributed by atoms with Crippen LogP contribution in [0.2, 0.25) is 0 Å². The second-order valence-electron chi connectivity index (χ2n) is 4.22. The first-order valence-electron chi connectivity index (χ1n) is 6.07. The van der Waals surface area contributed by atoms with Gasteiger partial charge in [-0.2, -0.15) is 5.26 Å². The van der Waals surface area contributed by atoms with Gasteiger partial charge >= 0.3 is 0 Å². The lowest BCUT2D eigenvalue weighted by atomic mass is 10.2. The Morgan fingerprint density at radius 3 is 3.00 bits per heavy atom. The van der Waals surface area contributed by atoms with E-state index in [1.54, 1.807) is 31.2 Å². The van der Waals surface area contributed by atoms with E-state index in [4.69, 9.17) is 5.26 Å². The Morgan fingerprint density at radius 1 is 1.48 bits per heavy atom. The number of thioether (sulfide) groups is 1. The summed E-state index contributed by atoms with van der Waals surface area (Å²) in [4.78, 5) is 29.8. The van der Waals surface area contributed by atoms with Crippen LogP contribution in [-0.2, 0) is 4.79 Å². The van der Waals surface area contributed by atoms with Crippen LogP contribution in [0.25, 0.3) is 0 Å². The number of nitrogens with one attached hydrogen (secondary N) is 2. The minimum absolute atomic E-state index is 0.114.